The van der Waals surface area contributed by atoms with Crippen molar-refractivity contribution in [2.24, 2.45) is 11.7 Å². The Kier molecular flexibility index (Phi) is 6.01. The molecule has 1 aliphatic heterocycles. The summed E-state index contributed by atoms with van der Waals surface area (Å²) in [7, 11) is 0. The van der Waals surface area contributed by atoms with Crippen LogP contribution in [0.5, 0.6) is 0 Å². The summed E-state index contributed by atoms with van der Waals surface area (Å²) in [5, 5.41) is 2.74. The highest BCUT2D eigenvalue weighted by molar-refractivity contribution is 5.82. The molecule has 21 heavy (non-hydrogen) atoms. The normalized spacial score (nSPS) is 20.5. The lowest BCUT2D eigenvalue weighted by Crippen LogP contribution is -2.51. The van der Waals surface area contributed by atoms with Gasteiger partial charge in [-0.25, -0.2) is 4.79 Å². The predicted molar refractivity (Wildman–Crippen MR) is 81.8 cm³/mol. The second-order valence-electron chi connectivity index (χ2n) is 6.98. The van der Waals surface area contributed by atoms with E-state index in [1.54, 1.807) is 4.90 Å². The van der Waals surface area contributed by atoms with E-state index in [4.69, 9.17) is 10.5 Å². The van der Waals surface area contributed by atoms with Crippen LogP contribution in [0.3, 0.4) is 0 Å². The maximum atomic E-state index is 12.3. The molecule has 0 bridgehead atoms. The molecular formula is C15H29N3O3. The Morgan fingerprint density at radius 1 is 1.38 bits per heavy atom. The highest BCUT2D eigenvalue weighted by Gasteiger charge is 2.33. The molecule has 0 saturated carbocycles. The van der Waals surface area contributed by atoms with Crippen LogP contribution in [0.1, 0.15) is 47.5 Å². The minimum atomic E-state index is -0.519. The maximum Gasteiger partial charge on any atom is 0.407 e. The molecule has 0 aromatic rings. The lowest BCUT2D eigenvalue weighted by atomic mass is 10.0. The fraction of sp³-hybridized carbons (Fsp3) is 0.867. The van der Waals surface area contributed by atoms with Crippen molar-refractivity contribution in [2.45, 2.75) is 65.1 Å². The van der Waals surface area contributed by atoms with Crippen molar-refractivity contribution in [3.63, 3.8) is 0 Å². The zero-order valence-corrected chi connectivity index (χ0v) is 13.8. The van der Waals surface area contributed by atoms with Crippen LogP contribution in [0, 0.1) is 5.92 Å². The van der Waals surface area contributed by atoms with Gasteiger partial charge in [0.1, 0.15) is 5.60 Å². The Balaban J connectivity index is 2.51. The van der Waals surface area contributed by atoms with E-state index in [1.807, 2.05) is 34.6 Å². The SMILES string of the molecule is CC(C)[C@H](N)C(=O)N1CCCC1CNC(=O)OC(C)(C)C. The van der Waals surface area contributed by atoms with Gasteiger partial charge in [-0.3, -0.25) is 4.79 Å². The molecule has 0 spiro atoms. The summed E-state index contributed by atoms with van der Waals surface area (Å²) in [6, 6.07) is -0.470. The van der Waals surface area contributed by atoms with Crippen molar-refractivity contribution in [1.29, 1.82) is 0 Å². The van der Waals surface area contributed by atoms with Gasteiger partial charge in [0.05, 0.1) is 6.04 Å². The van der Waals surface area contributed by atoms with Crippen LogP contribution in [-0.2, 0) is 9.53 Å². The Morgan fingerprint density at radius 3 is 2.52 bits per heavy atom. The fourth-order valence-corrected chi connectivity index (χ4v) is 2.33. The highest BCUT2D eigenvalue weighted by Crippen LogP contribution is 2.19. The summed E-state index contributed by atoms with van der Waals surface area (Å²) in [6.07, 6.45) is 1.37. The van der Waals surface area contributed by atoms with Gasteiger partial charge >= 0.3 is 6.09 Å². The van der Waals surface area contributed by atoms with E-state index in [2.05, 4.69) is 5.32 Å². The summed E-state index contributed by atoms with van der Waals surface area (Å²) >= 11 is 0. The Labute approximate surface area is 127 Å². The Morgan fingerprint density at radius 2 is 2.00 bits per heavy atom. The van der Waals surface area contributed by atoms with Gasteiger partial charge in [0.25, 0.3) is 0 Å². The number of nitrogens with zero attached hydrogens (tertiary/aromatic N) is 1. The van der Waals surface area contributed by atoms with E-state index in [1.165, 1.54) is 0 Å². The van der Waals surface area contributed by atoms with Gasteiger partial charge in [0.2, 0.25) is 5.91 Å². The second-order valence-corrected chi connectivity index (χ2v) is 6.98. The predicted octanol–water partition coefficient (Wildman–Crippen LogP) is 1.49. The number of alkyl carbamates (subject to hydrolysis) is 1. The average molecular weight is 299 g/mol. The van der Waals surface area contributed by atoms with Gasteiger partial charge < -0.3 is 20.7 Å². The van der Waals surface area contributed by atoms with Crippen LogP contribution in [0.15, 0.2) is 0 Å². The maximum absolute atomic E-state index is 12.3. The van der Waals surface area contributed by atoms with Crippen LogP contribution in [0.2, 0.25) is 0 Å². The van der Waals surface area contributed by atoms with Crippen molar-refractivity contribution in [2.75, 3.05) is 13.1 Å². The molecule has 1 heterocycles. The zero-order chi connectivity index (χ0) is 16.2. The van der Waals surface area contributed by atoms with Crippen LogP contribution in [0.4, 0.5) is 4.79 Å². The number of carbonyl (C=O) groups excluding carboxylic acids is 2. The fourth-order valence-electron chi connectivity index (χ4n) is 2.33. The molecule has 2 amide bonds. The van der Waals surface area contributed by atoms with E-state index < -0.39 is 17.7 Å². The monoisotopic (exact) mass is 299 g/mol. The first-order valence-electron chi connectivity index (χ1n) is 7.64. The van der Waals surface area contributed by atoms with Crippen molar-refractivity contribution in [3.8, 4) is 0 Å². The zero-order valence-electron chi connectivity index (χ0n) is 13.8. The summed E-state index contributed by atoms with van der Waals surface area (Å²) < 4.78 is 5.20. The Bertz CT molecular complexity index is 377. The average Bonchev–Trinajstić information content (AvgIpc) is 2.80. The lowest BCUT2D eigenvalue weighted by Gasteiger charge is -2.29. The van der Waals surface area contributed by atoms with E-state index in [0.29, 0.717) is 13.1 Å². The first kappa shape index (κ1) is 17.8. The third kappa shape index (κ3) is 5.53. The number of hydrogen-bond acceptors (Lipinski definition) is 4. The molecule has 2 atom stereocenters. The number of rotatable bonds is 4. The van der Waals surface area contributed by atoms with Crippen molar-refractivity contribution in [3.05, 3.63) is 0 Å². The molecule has 0 aromatic carbocycles. The first-order chi connectivity index (χ1) is 9.61. The summed E-state index contributed by atoms with van der Waals surface area (Å²) in [4.78, 5) is 25.8. The van der Waals surface area contributed by atoms with Crippen LogP contribution >= 0.6 is 0 Å². The minimum Gasteiger partial charge on any atom is -0.444 e. The largest absolute Gasteiger partial charge is 0.444 e. The number of amides is 2. The van der Waals surface area contributed by atoms with E-state index in [9.17, 15) is 9.59 Å². The van der Waals surface area contributed by atoms with Crippen LogP contribution in [-0.4, -0.2) is 47.7 Å². The number of likely N-dealkylation sites (tertiary alicyclic amines) is 1. The molecular weight excluding hydrogens is 270 g/mol. The Hall–Kier alpha value is -1.30. The first-order valence-corrected chi connectivity index (χ1v) is 7.64. The number of nitrogens with two attached hydrogens (primary N) is 1. The van der Waals surface area contributed by atoms with Crippen molar-refractivity contribution in [1.82, 2.24) is 10.2 Å². The lowest BCUT2D eigenvalue weighted by molar-refractivity contribution is -0.134. The third-order valence-electron chi connectivity index (χ3n) is 3.54. The molecule has 6 nitrogen and oxygen atoms in total. The molecule has 1 unspecified atom stereocenters. The van der Waals surface area contributed by atoms with E-state index in [-0.39, 0.29) is 17.9 Å². The van der Waals surface area contributed by atoms with Crippen LogP contribution in [0.25, 0.3) is 0 Å². The summed E-state index contributed by atoms with van der Waals surface area (Å²) in [6.45, 7) is 10.4. The molecule has 122 valence electrons. The molecule has 1 fully saturated rings. The highest BCUT2D eigenvalue weighted by atomic mass is 16.6. The van der Waals surface area contributed by atoms with Gasteiger partial charge in [-0.2, -0.15) is 0 Å². The van der Waals surface area contributed by atoms with Crippen LogP contribution < -0.4 is 11.1 Å². The summed E-state index contributed by atoms with van der Waals surface area (Å²) in [5.74, 6) is 0.0797. The van der Waals surface area contributed by atoms with E-state index in [0.717, 1.165) is 12.8 Å². The van der Waals surface area contributed by atoms with Gasteiger partial charge in [-0.05, 0) is 39.5 Å². The van der Waals surface area contributed by atoms with Gasteiger partial charge in [-0.1, -0.05) is 13.8 Å². The van der Waals surface area contributed by atoms with Gasteiger partial charge in [0.15, 0.2) is 0 Å². The summed E-state index contributed by atoms with van der Waals surface area (Å²) in [5.41, 5.74) is 5.42. The minimum absolute atomic E-state index is 0.00909. The van der Waals surface area contributed by atoms with E-state index >= 15 is 0 Å². The molecule has 6 heteroatoms. The van der Waals surface area contributed by atoms with Gasteiger partial charge in [0, 0.05) is 19.1 Å². The number of nitrogens with one attached hydrogen (secondary N) is 1. The molecule has 3 N–H and O–H groups in total. The van der Waals surface area contributed by atoms with Gasteiger partial charge in [-0.15, -0.1) is 0 Å². The second kappa shape index (κ2) is 7.11. The number of hydrogen-bond donors (Lipinski definition) is 2. The van der Waals surface area contributed by atoms with Crippen molar-refractivity contribution < 1.29 is 14.3 Å². The smallest absolute Gasteiger partial charge is 0.407 e. The molecule has 0 aromatic heterocycles. The number of ether oxygens (including phenoxy) is 1. The molecule has 0 radical (unpaired) electrons. The molecule has 0 aliphatic carbocycles. The standard InChI is InChI=1S/C15H29N3O3/c1-10(2)12(16)13(19)18-8-6-7-11(18)9-17-14(20)21-15(3,4)5/h10-12H,6-9,16H2,1-5H3,(H,17,20)/t11?,12-/m0/s1. The molecule has 1 aliphatic rings. The molecule has 1 rings (SSSR count). The topological polar surface area (TPSA) is 84.7 Å². The third-order valence-corrected chi connectivity index (χ3v) is 3.54. The van der Waals surface area contributed by atoms with Crippen molar-refractivity contribution >= 4 is 12.0 Å². The quantitative estimate of drug-likeness (QED) is 0.823. The molecule has 1 saturated heterocycles. The number of carbonyl (C=O) groups is 2.